The normalized spacial score (nSPS) is 18.3. The zero-order chi connectivity index (χ0) is 13.2. The smallest absolute Gasteiger partial charge is 0.233 e. The molecule has 6 nitrogen and oxygen atoms in total. The van der Waals surface area contributed by atoms with E-state index in [1.54, 1.807) is 12.1 Å². The van der Waals surface area contributed by atoms with Crippen molar-refractivity contribution >= 4 is 15.7 Å². The van der Waals surface area contributed by atoms with Gasteiger partial charge in [0, 0.05) is 0 Å². The Hall–Kier alpha value is -1.60. The van der Waals surface area contributed by atoms with Crippen molar-refractivity contribution in [3.8, 4) is 5.75 Å². The van der Waals surface area contributed by atoms with Gasteiger partial charge in [0.15, 0.2) is 9.84 Å². The highest BCUT2D eigenvalue weighted by molar-refractivity contribution is 7.92. The van der Waals surface area contributed by atoms with Crippen LogP contribution in [0.2, 0.25) is 0 Å². The molecule has 0 saturated carbocycles. The summed E-state index contributed by atoms with van der Waals surface area (Å²) >= 11 is 0. The van der Waals surface area contributed by atoms with Crippen molar-refractivity contribution in [2.45, 2.75) is 11.0 Å². The summed E-state index contributed by atoms with van der Waals surface area (Å²) in [6, 6.07) is 5.97. The zero-order valence-corrected chi connectivity index (χ0v) is 10.4. The van der Waals surface area contributed by atoms with Crippen LogP contribution in [0.15, 0.2) is 29.2 Å². The molecule has 0 aliphatic carbocycles. The fourth-order valence-corrected chi connectivity index (χ4v) is 2.50. The molecule has 1 aliphatic rings. The van der Waals surface area contributed by atoms with Crippen LogP contribution in [0.1, 0.15) is 0 Å². The van der Waals surface area contributed by atoms with E-state index in [1.807, 2.05) is 0 Å². The Morgan fingerprint density at radius 3 is 2.83 bits per heavy atom. The van der Waals surface area contributed by atoms with Crippen molar-refractivity contribution < 1.29 is 22.7 Å². The first-order chi connectivity index (χ1) is 8.47. The molecule has 1 fully saturated rings. The van der Waals surface area contributed by atoms with E-state index in [2.05, 4.69) is 0 Å². The van der Waals surface area contributed by atoms with Gasteiger partial charge in [-0.15, -0.1) is 0 Å². The Morgan fingerprint density at radius 1 is 1.50 bits per heavy atom. The highest BCUT2D eigenvalue weighted by atomic mass is 32.2. The summed E-state index contributed by atoms with van der Waals surface area (Å²) in [5, 5.41) is 0. The first kappa shape index (κ1) is 12.8. The van der Waals surface area contributed by atoms with Crippen molar-refractivity contribution in [3.63, 3.8) is 0 Å². The molecule has 1 aliphatic heterocycles. The van der Waals surface area contributed by atoms with E-state index in [0.29, 0.717) is 19.0 Å². The number of nitrogens with two attached hydrogens (primary N) is 1. The lowest BCUT2D eigenvalue weighted by Gasteiger charge is -2.06. The number of epoxide rings is 1. The zero-order valence-electron chi connectivity index (χ0n) is 9.53. The van der Waals surface area contributed by atoms with Crippen molar-refractivity contribution in [3.05, 3.63) is 24.3 Å². The van der Waals surface area contributed by atoms with Gasteiger partial charge < -0.3 is 15.2 Å². The minimum atomic E-state index is -3.69. The Bertz CT molecular complexity index is 550. The van der Waals surface area contributed by atoms with Crippen molar-refractivity contribution in [1.82, 2.24) is 0 Å². The third-order valence-corrected chi connectivity index (χ3v) is 3.97. The van der Waals surface area contributed by atoms with Gasteiger partial charge in [-0.2, -0.15) is 0 Å². The summed E-state index contributed by atoms with van der Waals surface area (Å²) in [6.07, 6.45) is 0.0934. The molecule has 98 valence electrons. The van der Waals surface area contributed by atoms with Gasteiger partial charge in [0.25, 0.3) is 0 Å². The van der Waals surface area contributed by atoms with Gasteiger partial charge in [-0.05, 0) is 18.2 Å². The average molecular weight is 271 g/mol. The van der Waals surface area contributed by atoms with Crippen molar-refractivity contribution in [2.75, 3.05) is 19.0 Å². The summed E-state index contributed by atoms with van der Waals surface area (Å²) in [4.78, 5) is 10.7. The second-order valence-corrected chi connectivity index (χ2v) is 5.96. The number of hydrogen-bond donors (Lipinski definition) is 1. The molecule has 1 aromatic carbocycles. The van der Waals surface area contributed by atoms with E-state index in [0.717, 1.165) is 0 Å². The molecule has 0 unspecified atom stereocenters. The van der Waals surface area contributed by atoms with E-state index in [9.17, 15) is 13.2 Å². The minimum absolute atomic E-state index is 0.0236. The first-order valence-electron chi connectivity index (χ1n) is 5.33. The van der Waals surface area contributed by atoms with Gasteiger partial charge in [0.05, 0.1) is 11.5 Å². The maximum Gasteiger partial charge on any atom is 0.233 e. The number of sulfone groups is 1. The lowest BCUT2D eigenvalue weighted by Crippen LogP contribution is -2.23. The van der Waals surface area contributed by atoms with E-state index >= 15 is 0 Å². The molecule has 1 atom stereocenters. The predicted molar refractivity (Wildman–Crippen MR) is 62.9 cm³/mol. The van der Waals surface area contributed by atoms with Gasteiger partial charge in [0.2, 0.25) is 5.91 Å². The molecule has 2 rings (SSSR count). The van der Waals surface area contributed by atoms with Gasteiger partial charge in [0.1, 0.15) is 24.2 Å². The number of benzene rings is 1. The largest absolute Gasteiger partial charge is 0.491 e. The van der Waals surface area contributed by atoms with E-state index < -0.39 is 21.5 Å². The Kier molecular flexibility index (Phi) is 3.53. The fourth-order valence-electron chi connectivity index (χ4n) is 1.38. The average Bonchev–Trinajstić information content (AvgIpc) is 3.09. The Balaban J connectivity index is 2.12. The van der Waals surface area contributed by atoms with Crippen LogP contribution in [0.25, 0.3) is 0 Å². The predicted octanol–water partition coefficient (Wildman–Crippen LogP) is -0.277. The number of primary amides is 1. The van der Waals surface area contributed by atoms with E-state index in [-0.39, 0.29) is 11.0 Å². The van der Waals surface area contributed by atoms with Crippen LogP contribution in [0.4, 0.5) is 0 Å². The topological polar surface area (TPSA) is 99.0 Å². The molecule has 1 heterocycles. The van der Waals surface area contributed by atoms with Crippen LogP contribution >= 0.6 is 0 Å². The summed E-state index contributed by atoms with van der Waals surface area (Å²) in [7, 11) is -3.69. The number of ether oxygens (including phenoxy) is 2. The van der Waals surface area contributed by atoms with Crippen LogP contribution in [0, 0.1) is 0 Å². The van der Waals surface area contributed by atoms with Gasteiger partial charge >= 0.3 is 0 Å². The van der Waals surface area contributed by atoms with E-state index in [4.69, 9.17) is 15.2 Å². The Labute approximate surface area is 105 Å². The van der Waals surface area contributed by atoms with Crippen LogP contribution in [-0.4, -0.2) is 39.4 Å². The van der Waals surface area contributed by atoms with Gasteiger partial charge in [-0.1, -0.05) is 6.07 Å². The van der Waals surface area contributed by atoms with Gasteiger partial charge in [-0.3, -0.25) is 4.79 Å². The summed E-state index contributed by atoms with van der Waals surface area (Å²) in [5.74, 6) is -1.16. The number of carbonyl (C=O) groups excluding carboxylic acids is 1. The highest BCUT2D eigenvalue weighted by Gasteiger charge is 2.23. The third-order valence-electron chi connectivity index (χ3n) is 2.34. The highest BCUT2D eigenvalue weighted by Crippen LogP contribution is 2.20. The molecular formula is C11H13NO5S. The van der Waals surface area contributed by atoms with E-state index in [1.165, 1.54) is 12.1 Å². The lowest BCUT2D eigenvalue weighted by molar-refractivity contribution is -0.115. The van der Waals surface area contributed by atoms with Crippen LogP contribution < -0.4 is 10.5 Å². The number of amides is 1. The molecule has 0 aromatic heterocycles. The van der Waals surface area contributed by atoms with Crippen molar-refractivity contribution in [1.29, 1.82) is 0 Å². The molecule has 18 heavy (non-hydrogen) atoms. The van der Waals surface area contributed by atoms with Crippen LogP contribution in [0.5, 0.6) is 5.75 Å². The van der Waals surface area contributed by atoms with Crippen molar-refractivity contribution in [2.24, 2.45) is 5.73 Å². The quantitative estimate of drug-likeness (QED) is 0.718. The minimum Gasteiger partial charge on any atom is -0.491 e. The second-order valence-electron chi connectivity index (χ2n) is 3.97. The molecule has 1 aromatic rings. The molecule has 0 radical (unpaired) electrons. The lowest BCUT2D eigenvalue weighted by atomic mass is 10.3. The van der Waals surface area contributed by atoms with Crippen LogP contribution in [0.3, 0.4) is 0 Å². The van der Waals surface area contributed by atoms with Crippen LogP contribution in [-0.2, 0) is 19.4 Å². The standard InChI is InChI=1S/C11H13NO5S/c12-11(13)7-18(14,15)10-3-1-2-8(4-10)16-5-9-6-17-9/h1-4,9H,5-7H2,(H2,12,13)/t9-/m1/s1. The number of rotatable bonds is 6. The first-order valence-corrected chi connectivity index (χ1v) is 6.98. The summed E-state index contributed by atoms with van der Waals surface area (Å²) in [5.41, 5.74) is 4.89. The Morgan fingerprint density at radius 2 is 2.22 bits per heavy atom. The summed E-state index contributed by atoms with van der Waals surface area (Å²) < 4.78 is 33.9. The molecular weight excluding hydrogens is 258 g/mol. The number of hydrogen-bond acceptors (Lipinski definition) is 5. The maximum absolute atomic E-state index is 11.8. The third kappa shape index (κ3) is 3.44. The van der Waals surface area contributed by atoms with Gasteiger partial charge in [-0.25, -0.2) is 8.42 Å². The molecule has 7 heteroatoms. The SMILES string of the molecule is NC(=O)CS(=O)(=O)c1cccc(OC[C@@H]2CO2)c1. The number of carbonyl (C=O) groups is 1. The molecule has 1 saturated heterocycles. The summed E-state index contributed by atoms with van der Waals surface area (Å²) in [6.45, 7) is 1.05. The molecule has 0 bridgehead atoms. The fraction of sp³-hybridized carbons (Fsp3) is 0.364. The monoisotopic (exact) mass is 271 g/mol. The molecule has 1 amide bonds. The maximum atomic E-state index is 11.8. The second kappa shape index (κ2) is 4.95. The molecule has 2 N–H and O–H groups in total. The molecule has 0 spiro atoms.